The van der Waals surface area contributed by atoms with Crippen molar-refractivity contribution in [3.05, 3.63) is 34.3 Å². The third kappa shape index (κ3) is 3.20. The third-order valence-electron chi connectivity index (χ3n) is 2.51. The van der Waals surface area contributed by atoms with Crippen LogP contribution < -0.4 is 10.1 Å². The summed E-state index contributed by atoms with van der Waals surface area (Å²) in [5, 5.41) is 7.57. The van der Waals surface area contributed by atoms with E-state index in [1.807, 2.05) is 19.9 Å². The summed E-state index contributed by atoms with van der Waals surface area (Å²) in [6, 6.07) is 4.17. The average molecular weight is 263 g/mol. The van der Waals surface area contributed by atoms with Gasteiger partial charge >= 0.3 is 0 Å². The number of ether oxygens (including phenoxy) is 1. The van der Waals surface area contributed by atoms with Gasteiger partial charge in [-0.05, 0) is 43.2 Å². The topological polar surface area (TPSA) is 47.0 Å². The van der Waals surface area contributed by atoms with E-state index in [0.717, 1.165) is 5.82 Å². The summed E-state index contributed by atoms with van der Waals surface area (Å²) in [5.74, 6) is 2.12. The molecule has 2 aromatic heterocycles. The Morgan fingerprint density at radius 2 is 2.28 bits per heavy atom. The van der Waals surface area contributed by atoms with Crippen LogP contribution in [0, 0.1) is 6.92 Å². The molecule has 0 bridgehead atoms. The fourth-order valence-corrected chi connectivity index (χ4v) is 2.42. The van der Waals surface area contributed by atoms with E-state index in [4.69, 9.17) is 4.74 Å². The highest BCUT2D eigenvalue weighted by molar-refractivity contribution is 7.07. The second kappa shape index (κ2) is 5.82. The van der Waals surface area contributed by atoms with Crippen molar-refractivity contribution in [3.8, 4) is 5.88 Å². The van der Waals surface area contributed by atoms with Gasteiger partial charge in [0.25, 0.3) is 0 Å². The molecule has 0 saturated heterocycles. The van der Waals surface area contributed by atoms with Crippen molar-refractivity contribution < 1.29 is 4.74 Å². The number of nitrogens with zero attached hydrogens (tertiary/aromatic N) is 2. The summed E-state index contributed by atoms with van der Waals surface area (Å²) in [4.78, 5) is 8.59. The van der Waals surface area contributed by atoms with Crippen molar-refractivity contribution in [1.29, 1.82) is 0 Å². The van der Waals surface area contributed by atoms with Gasteiger partial charge in [-0.2, -0.15) is 16.3 Å². The van der Waals surface area contributed by atoms with Crippen LogP contribution >= 0.6 is 11.3 Å². The molecule has 2 aromatic rings. The summed E-state index contributed by atoms with van der Waals surface area (Å²) < 4.78 is 5.41. The average Bonchev–Trinajstić information content (AvgIpc) is 2.81. The lowest BCUT2D eigenvalue weighted by Gasteiger charge is -2.14. The zero-order valence-corrected chi connectivity index (χ0v) is 11.6. The van der Waals surface area contributed by atoms with Gasteiger partial charge in [0.15, 0.2) is 0 Å². The molecule has 1 unspecified atom stereocenters. The van der Waals surface area contributed by atoms with Gasteiger partial charge in [0.05, 0.1) is 12.6 Å². The molecule has 0 aliphatic heterocycles. The first-order valence-corrected chi connectivity index (χ1v) is 6.90. The molecular weight excluding hydrogens is 246 g/mol. The van der Waals surface area contributed by atoms with E-state index in [1.54, 1.807) is 11.3 Å². The molecule has 96 valence electrons. The van der Waals surface area contributed by atoms with E-state index >= 15 is 0 Å². The molecule has 0 radical (unpaired) electrons. The van der Waals surface area contributed by atoms with E-state index < -0.39 is 0 Å². The van der Waals surface area contributed by atoms with Gasteiger partial charge in [-0.25, -0.2) is 4.98 Å². The van der Waals surface area contributed by atoms with E-state index in [-0.39, 0.29) is 6.04 Å². The Labute approximate surface area is 111 Å². The fraction of sp³-hybridized carbons (Fsp3) is 0.385. The molecule has 5 heteroatoms. The number of hydrogen-bond acceptors (Lipinski definition) is 5. The maximum atomic E-state index is 5.41. The minimum Gasteiger partial charge on any atom is -0.478 e. The first-order valence-electron chi connectivity index (χ1n) is 5.96. The van der Waals surface area contributed by atoms with Crippen LogP contribution in [0.3, 0.4) is 0 Å². The van der Waals surface area contributed by atoms with Crippen molar-refractivity contribution in [3.63, 3.8) is 0 Å². The van der Waals surface area contributed by atoms with Gasteiger partial charge in [-0.1, -0.05) is 0 Å². The van der Waals surface area contributed by atoms with Gasteiger partial charge in [-0.3, -0.25) is 0 Å². The van der Waals surface area contributed by atoms with Gasteiger partial charge in [0.1, 0.15) is 11.6 Å². The summed E-state index contributed by atoms with van der Waals surface area (Å²) in [6.45, 7) is 6.53. The molecule has 2 rings (SSSR count). The van der Waals surface area contributed by atoms with Gasteiger partial charge in [0.2, 0.25) is 5.88 Å². The molecule has 0 saturated carbocycles. The van der Waals surface area contributed by atoms with Crippen molar-refractivity contribution in [2.75, 3.05) is 11.9 Å². The Hall–Kier alpha value is -1.62. The molecule has 1 atom stereocenters. The van der Waals surface area contributed by atoms with E-state index in [9.17, 15) is 0 Å². The van der Waals surface area contributed by atoms with Crippen LogP contribution in [0.5, 0.6) is 5.88 Å². The highest BCUT2D eigenvalue weighted by Crippen LogP contribution is 2.22. The largest absolute Gasteiger partial charge is 0.478 e. The summed E-state index contributed by atoms with van der Waals surface area (Å²) in [7, 11) is 0. The van der Waals surface area contributed by atoms with E-state index in [0.29, 0.717) is 18.3 Å². The van der Waals surface area contributed by atoms with Crippen LogP contribution in [-0.2, 0) is 0 Å². The lowest BCUT2D eigenvalue weighted by molar-refractivity contribution is 0.325. The van der Waals surface area contributed by atoms with Crippen molar-refractivity contribution in [1.82, 2.24) is 9.97 Å². The molecule has 0 amide bonds. The third-order valence-corrected chi connectivity index (χ3v) is 3.22. The monoisotopic (exact) mass is 263 g/mol. The number of aromatic nitrogens is 2. The van der Waals surface area contributed by atoms with Crippen LogP contribution in [0.15, 0.2) is 22.9 Å². The Kier molecular flexibility index (Phi) is 4.15. The van der Waals surface area contributed by atoms with Gasteiger partial charge in [-0.15, -0.1) is 0 Å². The van der Waals surface area contributed by atoms with Gasteiger partial charge < -0.3 is 10.1 Å². The number of hydrogen-bond donors (Lipinski definition) is 1. The molecule has 0 aromatic carbocycles. The molecule has 4 nitrogen and oxygen atoms in total. The number of anilines is 1. The second-order valence-corrected chi connectivity index (χ2v) is 4.77. The maximum Gasteiger partial charge on any atom is 0.218 e. The standard InChI is InChI=1S/C13H17N3OS/c1-4-17-13-7-12(15-10(3)16-13)14-9(2)11-5-6-18-8-11/h5-9H,4H2,1-3H3,(H,14,15,16). The quantitative estimate of drug-likeness (QED) is 0.898. The Morgan fingerprint density at radius 3 is 2.94 bits per heavy atom. The minimum absolute atomic E-state index is 0.222. The SMILES string of the molecule is CCOc1cc(NC(C)c2ccsc2)nc(C)n1. The first kappa shape index (κ1) is 12.8. The Balaban J connectivity index is 2.13. The summed E-state index contributed by atoms with van der Waals surface area (Å²) in [6.07, 6.45) is 0. The van der Waals surface area contributed by atoms with Crippen molar-refractivity contribution >= 4 is 17.2 Å². The summed E-state index contributed by atoms with van der Waals surface area (Å²) >= 11 is 1.70. The molecule has 2 heterocycles. The van der Waals surface area contributed by atoms with Crippen LogP contribution in [0.25, 0.3) is 0 Å². The number of nitrogens with one attached hydrogen (secondary N) is 1. The van der Waals surface area contributed by atoms with Crippen molar-refractivity contribution in [2.24, 2.45) is 0 Å². The molecular formula is C13H17N3OS. The predicted octanol–water partition coefficient (Wildman–Crippen LogP) is 3.42. The van der Waals surface area contributed by atoms with Crippen LogP contribution in [0.1, 0.15) is 31.3 Å². The predicted molar refractivity (Wildman–Crippen MR) is 74.3 cm³/mol. The highest BCUT2D eigenvalue weighted by Gasteiger charge is 2.08. The highest BCUT2D eigenvalue weighted by atomic mass is 32.1. The molecule has 0 spiro atoms. The summed E-state index contributed by atoms with van der Waals surface area (Å²) in [5.41, 5.74) is 1.26. The molecule has 0 aliphatic carbocycles. The van der Waals surface area contributed by atoms with Crippen LogP contribution in [-0.4, -0.2) is 16.6 Å². The molecule has 0 aliphatic rings. The Bertz CT molecular complexity index is 499. The molecule has 1 N–H and O–H groups in total. The number of aryl methyl sites for hydroxylation is 1. The lowest BCUT2D eigenvalue weighted by Crippen LogP contribution is -2.08. The molecule has 18 heavy (non-hydrogen) atoms. The van der Waals surface area contributed by atoms with E-state index in [1.165, 1.54) is 5.56 Å². The fourth-order valence-electron chi connectivity index (χ4n) is 1.66. The normalized spacial score (nSPS) is 12.2. The number of rotatable bonds is 5. The zero-order chi connectivity index (χ0) is 13.0. The van der Waals surface area contributed by atoms with Crippen molar-refractivity contribution in [2.45, 2.75) is 26.8 Å². The maximum absolute atomic E-state index is 5.41. The van der Waals surface area contributed by atoms with Crippen LogP contribution in [0.4, 0.5) is 5.82 Å². The smallest absolute Gasteiger partial charge is 0.218 e. The minimum atomic E-state index is 0.222. The Morgan fingerprint density at radius 1 is 1.44 bits per heavy atom. The zero-order valence-electron chi connectivity index (χ0n) is 10.8. The molecule has 0 fully saturated rings. The van der Waals surface area contributed by atoms with Gasteiger partial charge in [0, 0.05) is 6.07 Å². The van der Waals surface area contributed by atoms with E-state index in [2.05, 4.69) is 39.0 Å². The van der Waals surface area contributed by atoms with Crippen LogP contribution in [0.2, 0.25) is 0 Å². The first-order chi connectivity index (χ1) is 8.69. The number of thiophene rings is 1. The lowest BCUT2D eigenvalue weighted by atomic mass is 10.2. The second-order valence-electron chi connectivity index (χ2n) is 3.99.